The van der Waals surface area contributed by atoms with Crippen molar-refractivity contribution in [2.24, 2.45) is 5.73 Å². The lowest BCUT2D eigenvalue weighted by Gasteiger charge is -2.03. The van der Waals surface area contributed by atoms with Crippen LogP contribution in [0.15, 0.2) is 36.9 Å². The number of nitrogens with two attached hydrogens (primary N) is 1. The van der Waals surface area contributed by atoms with Gasteiger partial charge in [-0.3, -0.25) is 4.79 Å². The first-order valence-electron chi connectivity index (χ1n) is 5.30. The van der Waals surface area contributed by atoms with Crippen LogP contribution in [0.5, 0.6) is 0 Å². The van der Waals surface area contributed by atoms with Crippen LogP contribution < -0.4 is 5.73 Å². The number of hydrogen-bond donors (Lipinski definition) is 1. The lowest BCUT2D eigenvalue weighted by atomic mass is 10.1. The molecule has 0 aliphatic carbocycles. The number of benzene rings is 1. The van der Waals surface area contributed by atoms with Crippen molar-refractivity contribution < 1.29 is 9.53 Å². The van der Waals surface area contributed by atoms with E-state index < -0.39 is 0 Å². The number of carbonyl (C=O) groups is 1. The molecule has 0 aromatic heterocycles. The van der Waals surface area contributed by atoms with Crippen LogP contribution in [-0.4, -0.2) is 12.6 Å². The number of esters is 1. The van der Waals surface area contributed by atoms with E-state index in [1.54, 1.807) is 6.08 Å². The van der Waals surface area contributed by atoms with Crippen LogP contribution >= 0.6 is 0 Å². The Bertz CT molecular complexity index is 343. The second-order valence-electron chi connectivity index (χ2n) is 3.49. The average Bonchev–Trinajstić information content (AvgIpc) is 2.34. The summed E-state index contributed by atoms with van der Waals surface area (Å²) in [6.07, 6.45) is 2.66. The van der Waals surface area contributed by atoms with E-state index in [9.17, 15) is 4.79 Å². The topological polar surface area (TPSA) is 52.3 Å². The normalized spacial score (nSPS) is 9.81. The van der Waals surface area contributed by atoms with Crippen molar-refractivity contribution in [2.45, 2.75) is 19.4 Å². The molecule has 86 valence electrons. The fourth-order valence-electron chi connectivity index (χ4n) is 1.31. The summed E-state index contributed by atoms with van der Waals surface area (Å²) in [5.74, 6) is -0.192. The second kappa shape index (κ2) is 6.80. The predicted octanol–water partition coefficient (Wildman–Crippen LogP) is 1.81. The number of rotatable bonds is 6. The van der Waals surface area contributed by atoms with Gasteiger partial charge in [0.05, 0.1) is 0 Å². The predicted molar refractivity (Wildman–Crippen MR) is 63.8 cm³/mol. The standard InChI is InChI=1S/C13H17NO2/c1-2-9-16-13(15)8-7-11-3-5-12(10-14)6-4-11/h2-6H,1,7-10,14H2. The summed E-state index contributed by atoms with van der Waals surface area (Å²) in [6, 6.07) is 7.93. The molecule has 1 rings (SSSR count). The molecule has 0 radical (unpaired) electrons. The number of aryl methyl sites for hydroxylation is 1. The monoisotopic (exact) mass is 219 g/mol. The van der Waals surface area contributed by atoms with Crippen molar-refractivity contribution in [1.29, 1.82) is 0 Å². The van der Waals surface area contributed by atoms with Crippen LogP contribution in [0.1, 0.15) is 17.5 Å². The minimum absolute atomic E-state index is 0.192. The summed E-state index contributed by atoms with van der Waals surface area (Å²) in [5.41, 5.74) is 7.71. The van der Waals surface area contributed by atoms with E-state index in [1.807, 2.05) is 24.3 Å². The molecular formula is C13H17NO2. The van der Waals surface area contributed by atoms with Crippen LogP contribution in [0.25, 0.3) is 0 Å². The van der Waals surface area contributed by atoms with Gasteiger partial charge in [0, 0.05) is 13.0 Å². The minimum atomic E-state index is -0.192. The molecule has 1 aromatic rings. The van der Waals surface area contributed by atoms with Crippen molar-refractivity contribution >= 4 is 5.97 Å². The highest BCUT2D eigenvalue weighted by atomic mass is 16.5. The van der Waals surface area contributed by atoms with Crippen LogP contribution in [0, 0.1) is 0 Å². The highest BCUT2D eigenvalue weighted by Crippen LogP contribution is 2.06. The fraction of sp³-hybridized carbons (Fsp3) is 0.308. The van der Waals surface area contributed by atoms with Crippen molar-refractivity contribution in [3.05, 3.63) is 48.0 Å². The summed E-state index contributed by atoms with van der Waals surface area (Å²) in [4.78, 5) is 11.2. The molecule has 0 heterocycles. The van der Waals surface area contributed by atoms with E-state index in [0.717, 1.165) is 11.1 Å². The molecule has 0 aliphatic rings. The lowest BCUT2D eigenvalue weighted by Crippen LogP contribution is -2.05. The highest BCUT2D eigenvalue weighted by molar-refractivity contribution is 5.69. The molecule has 0 saturated heterocycles. The SMILES string of the molecule is C=CCOC(=O)CCc1ccc(CN)cc1. The van der Waals surface area contributed by atoms with Gasteiger partial charge in [0.15, 0.2) is 0 Å². The molecule has 0 amide bonds. The first-order chi connectivity index (χ1) is 7.76. The first-order valence-corrected chi connectivity index (χ1v) is 5.30. The minimum Gasteiger partial charge on any atom is -0.461 e. The summed E-state index contributed by atoms with van der Waals surface area (Å²) in [5, 5.41) is 0. The van der Waals surface area contributed by atoms with Gasteiger partial charge in [-0.05, 0) is 17.5 Å². The number of ether oxygens (including phenoxy) is 1. The Morgan fingerprint density at radius 3 is 2.50 bits per heavy atom. The Morgan fingerprint density at radius 2 is 1.94 bits per heavy atom. The average molecular weight is 219 g/mol. The van der Waals surface area contributed by atoms with Gasteiger partial charge in [-0.25, -0.2) is 0 Å². The zero-order valence-electron chi connectivity index (χ0n) is 9.32. The van der Waals surface area contributed by atoms with Gasteiger partial charge in [-0.2, -0.15) is 0 Å². The van der Waals surface area contributed by atoms with Crippen LogP contribution in [-0.2, 0) is 22.5 Å². The molecular weight excluding hydrogens is 202 g/mol. The van der Waals surface area contributed by atoms with E-state index in [1.165, 1.54) is 0 Å². The van der Waals surface area contributed by atoms with Gasteiger partial charge in [0.2, 0.25) is 0 Å². The molecule has 0 spiro atoms. The van der Waals surface area contributed by atoms with Crippen LogP contribution in [0.2, 0.25) is 0 Å². The molecule has 0 saturated carbocycles. The highest BCUT2D eigenvalue weighted by Gasteiger charge is 2.02. The molecule has 2 N–H and O–H groups in total. The molecule has 1 aromatic carbocycles. The maximum atomic E-state index is 11.2. The maximum absolute atomic E-state index is 11.2. The van der Waals surface area contributed by atoms with E-state index in [2.05, 4.69) is 6.58 Å². The van der Waals surface area contributed by atoms with Gasteiger partial charge in [-0.1, -0.05) is 36.9 Å². The lowest BCUT2D eigenvalue weighted by molar-refractivity contribution is -0.142. The van der Waals surface area contributed by atoms with E-state index in [-0.39, 0.29) is 12.6 Å². The molecule has 0 fully saturated rings. The van der Waals surface area contributed by atoms with E-state index in [4.69, 9.17) is 10.5 Å². The molecule has 3 nitrogen and oxygen atoms in total. The largest absolute Gasteiger partial charge is 0.461 e. The van der Waals surface area contributed by atoms with Gasteiger partial charge < -0.3 is 10.5 Å². The zero-order chi connectivity index (χ0) is 11.8. The Morgan fingerprint density at radius 1 is 1.31 bits per heavy atom. The first kappa shape index (κ1) is 12.5. The zero-order valence-corrected chi connectivity index (χ0v) is 9.32. The summed E-state index contributed by atoms with van der Waals surface area (Å²) in [6.45, 7) is 4.31. The molecule has 16 heavy (non-hydrogen) atoms. The number of hydrogen-bond acceptors (Lipinski definition) is 3. The van der Waals surface area contributed by atoms with Crippen LogP contribution in [0.3, 0.4) is 0 Å². The van der Waals surface area contributed by atoms with E-state index >= 15 is 0 Å². The second-order valence-corrected chi connectivity index (χ2v) is 3.49. The van der Waals surface area contributed by atoms with Gasteiger partial charge in [0.25, 0.3) is 0 Å². The maximum Gasteiger partial charge on any atom is 0.306 e. The van der Waals surface area contributed by atoms with Crippen molar-refractivity contribution in [1.82, 2.24) is 0 Å². The smallest absolute Gasteiger partial charge is 0.306 e. The molecule has 0 bridgehead atoms. The third kappa shape index (κ3) is 4.28. The number of carbonyl (C=O) groups excluding carboxylic acids is 1. The third-order valence-electron chi connectivity index (χ3n) is 2.24. The van der Waals surface area contributed by atoms with Crippen molar-refractivity contribution in [2.75, 3.05) is 6.61 Å². The third-order valence-corrected chi connectivity index (χ3v) is 2.24. The molecule has 3 heteroatoms. The van der Waals surface area contributed by atoms with Gasteiger partial charge in [0.1, 0.15) is 6.61 Å². The summed E-state index contributed by atoms with van der Waals surface area (Å²) in [7, 11) is 0. The Balaban J connectivity index is 2.36. The quantitative estimate of drug-likeness (QED) is 0.586. The van der Waals surface area contributed by atoms with Crippen molar-refractivity contribution in [3.63, 3.8) is 0 Å². The van der Waals surface area contributed by atoms with Crippen LogP contribution in [0.4, 0.5) is 0 Å². The fourth-order valence-corrected chi connectivity index (χ4v) is 1.31. The Hall–Kier alpha value is -1.61. The Labute approximate surface area is 95.9 Å². The Kier molecular flexibility index (Phi) is 5.29. The summed E-state index contributed by atoms with van der Waals surface area (Å²) < 4.78 is 4.88. The van der Waals surface area contributed by atoms with Gasteiger partial charge >= 0.3 is 5.97 Å². The van der Waals surface area contributed by atoms with Gasteiger partial charge in [-0.15, -0.1) is 0 Å². The molecule has 0 aliphatic heterocycles. The van der Waals surface area contributed by atoms with E-state index in [0.29, 0.717) is 19.4 Å². The molecule has 0 unspecified atom stereocenters. The van der Waals surface area contributed by atoms with Crippen molar-refractivity contribution in [3.8, 4) is 0 Å². The molecule has 0 atom stereocenters. The summed E-state index contributed by atoms with van der Waals surface area (Å²) >= 11 is 0.